The molecule has 0 radical (unpaired) electrons. The standard InChI is InChI=1S/C15H21NO4/c17-13-8-6-10-11(15(13)19)5-7-12(14(10)18)16(20)9-3-1-2-4-9/h6,8-9,12,14,16-19H,1-5,7H2/t12-,14-/m0/s1. The summed E-state index contributed by atoms with van der Waals surface area (Å²) in [5.41, 5.74) is 1.16. The molecule has 0 saturated heterocycles. The molecular formula is C15H21NO4. The van der Waals surface area contributed by atoms with Crippen LogP contribution in [-0.2, 0) is 6.42 Å². The first-order chi connectivity index (χ1) is 9.59. The second-order valence-electron chi connectivity index (χ2n) is 5.97. The van der Waals surface area contributed by atoms with Gasteiger partial charge < -0.3 is 25.6 Å². The quantitative estimate of drug-likeness (QED) is 0.476. The van der Waals surface area contributed by atoms with Crippen LogP contribution >= 0.6 is 0 Å². The Hall–Kier alpha value is -1.30. The fourth-order valence-electron chi connectivity index (χ4n) is 3.66. The molecule has 0 heterocycles. The van der Waals surface area contributed by atoms with Gasteiger partial charge in [-0.05, 0) is 43.7 Å². The van der Waals surface area contributed by atoms with Gasteiger partial charge in [0.1, 0.15) is 12.1 Å². The van der Waals surface area contributed by atoms with Crippen molar-refractivity contribution in [3.05, 3.63) is 28.5 Å². The zero-order valence-electron chi connectivity index (χ0n) is 11.4. The van der Waals surface area contributed by atoms with E-state index in [4.69, 9.17) is 0 Å². The summed E-state index contributed by atoms with van der Waals surface area (Å²) in [6.07, 6.45) is 4.29. The highest BCUT2D eigenvalue weighted by molar-refractivity contribution is 5.51. The van der Waals surface area contributed by atoms with Gasteiger partial charge in [-0.1, -0.05) is 6.07 Å². The fourth-order valence-corrected chi connectivity index (χ4v) is 3.66. The van der Waals surface area contributed by atoms with Crippen LogP contribution in [0.3, 0.4) is 0 Å². The third-order valence-corrected chi connectivity index (χ3v) is 4.83. The monoisotopic (exact) mass is 279 g/mol. The van der Waals surface area contributed by atoms with Gasteiger partial charge >= 0.3 is 0 Å². The average molecular weight is 279 g/mol. The van der Waals surface area contributed by atoms with E-state index < -0.39 is 6.10 Å². The molecule has 5 heteroatoms. The van der Waals surface area contributed by atoms with E-state index in [-0.39, 0.29) is 28.6 Å². The number of hydroxylamine groups is 2. The van der Waals surface area contributed by atoms with Crippen molar-refractivity contribution in [1.29, 1.82) is 0 Å². The molecule has 1 saturated carbocycles. The number of hydrogen-bond acceptors (Lipinski definition) is 4. The highest BCUT2D eigenvalue weighted by Crippen LogP contribution is 2.39. The van der Waals surface area contributed by atoms with Gasteiger partial charge in [0.25, 0.3) is 0 Å². The molecule has 4 N–H and O–H groups in total. The maximum Gasteiger partial charge on any atom is 0.161 e. The Labute approximate surface area is 118 Å². The minimum atomic E-state index is -0.863. The van der Waals surface area contributed by atoms with Crippen LogP contribution < -0.4 is 5.06 Å². The molecule has 1 unspecified atom stereocenters. The number of quaternary nitrogens is 1. The Morgan fingerprint density at radius 1 is 1.10 bits per heavy atom. The third-order valence-electron chi connectivity index (χ3n) is 4.83. The summed E-state index contributed by atoms with van der Waals surface area (Å²) in [6.45, 7) is 0. The molecule has 20 heavy (non-hydrogen) atoms. The van der Waals surface area contributed by atoms with Gasteiger partial charge in [0.15, 0.2) is 11.5 Å². The van der Waals surface area contributed by atoms with E-state index in [1.165, 1.54) is 6.07 Å². The molecule has 2 aliphatic carbocycles. The largest absolute Gasteiger partial charge is 0.634 e. The van der Waals surface area contributed by atoms with Crippen molar-refractivity contribution in [1.82, 2.24) is 0 Å². The molecule has 1 aromatic carbocycles. The maximum absolute atomic E-state index is 12.5. The molecular weight excluding hydrogens is 258 g/mol. The molecule has 0 spiro atoms. The normalized spacial score (nSPS) is 28.3. The number of aromatic hydroxyl groups is 2. The predicted octanol–water partition coefficient (Wildman–Crippen LogP) is 0.771. The van der Waals surface area contributed by atoms with Crippen molar-refractivity contribution >= 4 is 0 Å². The summed E-state index contributed by atoms with van der Waals surface area (Å²) < 4.78 is 0. The van der Waals surface area contributed by atoms with Crippen LogP contribution in [-0.4, -0.2) is 27.4 Å². The molecule has 1 aromatic rings. The van der Waals surface area contributed by atoms with Crippen LogP contribution in [0.5, 0.6) is 11.5 Å². The van der Waals surface area contributed by atoms with Crippen LogP contribution in [0.4, 0.5) is 0 Å². The summed E-state index contributed by atoms with van der Waals surface area (Å²) in [6, 6.07) is 2.72. The van der Waals surface area contributed by atoms with E-state index in [0.29, 0.717) is 24.0 Å². The first-order valence-electron chi connectivity index (χ1n) is 7.35. The van der Waals surface area contributed by atoms with Crippen molar-refractivity contribution in [3.63, 3.8) is 0 Å². The minimum absolute atomic E-state index is 0.0990. The summed E-state index contributed by atoms with van der Waals surface area (Å²) in [7, 11) is 0. The second-order valence-corrected chi connectivity index (χ2v) is 5.97. The van der Waals surface area contributed by atoms with Crippen molar-refractivity contribution in [2.75, 3.05) is 0 Å². The maximum atomic E-state index is 12.5. The van der Waals surface area contributed by atoms with E-state index in [9.17, 15) is 20.5 Å². The van der Waals surface area contributed by atoms with E-state index in [1.807, 2.05) is 0 Å². The first kappa shape index (κ1) is 13.7. The molecule has 0 aromatic heterocycles. The number of phenolic OH excluding ortho intramolecular Hbond substituents is 2. The first-order valence-corrected chi connectivity index (χ1v) is 7.35. The second kappa shape index (κ2) is 5.24. The summed E-state index contributed by atoms with van der Waals surface area (Å²) >= 11 is 0. The summed E-state index contributed by atoms with van der Waals surface area (Å²) in [5, 5.41) is 42.5. The Balaban J connectivity index is 1.85. The van der Waals surface area contributed by atoms with Gasteiger partial charge in [0.05, 0.1) is 6.04 Å². The number of rotatable bonds is 2. The number of fused-ring (bicyclic) bond motifs is 1. The van der Waals surface area contributed by atoms with Crippen molar-refractivity contribution < 1.29 is 20.4 Å². The van der Waals surface area contributed by atoms with Crippen LogP contribution in [0.25, 0.3) is 0 Å². The highest BCUT2D eigenvalue weighted by atomic mass is 16.5. The Kier molecular flexibility index (Phi) is 3.58. The summed E-state index contributed by atoms with van der Waals surface area (Å²) in [5.74, 6) is -0.329. The summed E-state index contributed by atoms with van der Waals surface area (Å²) in [4.78, 5) is 0. The smallest absolute Gasteiger partial charge is 0.161 e. The zero-order chi connectivity index (χ0) is 14.3. The number of phenols is 2. The van der Waals surface area contributed by atoms with Crippen LogP contribution in [0, 0.1) is 5.21 Å². The molecule has 0 amide bonds. The minimum Gasteiger partial charge on any atom is -0.634 e. The van der Waals surface area contributed by atoms with Gasteiger partial charge in [-0.3, -0.25) is 0 Å². The molecule has 3 atom stereocenters. The van der Waals surface area contributed by atoms with Gasteiger partial charge in [-0.2, -0.15) is 0 Å². The van der Waals surface area contributed by atoms with E-state index in [2.05, 4.69) is 0 Å². The molecule has 110 valence electrons. The Morgan fingerprint density at radius 2 is 1.80 bits per heavy atom. The number of aliphatic hydroxyl groups is 1. The van der Waals surface area contributed by atoms with Crippen molar-refractivity contribution in [2.45, 2.75) is 56.7 Å². The van der Waals surface area contributed by atoms with Gasteiger partial charge in [-0.25, -0.2) is 0 Å². The van der Waals surface area contributed by atoms with Gasteiger partial charge in [0.2, 0.25) is 0 Å². The molecule has 3 rings (SSSR count). The van der Waals surface area contributed by atoms with Crippen molar-refractivity contribution in [3.8, 4) is 11.5 Å². The zero-order valence-corrected chi connectivity index (χ0v) is 11.4. The lowest BCUT2D eigenvalue weighted by molar-refractivity contribution is -0.906. The molecule has 1 fully saturated rings. The predicted molar refractivity (Wildman–Crippen MR) is 73.4 cm³/mol. The van der Waals surface area contributed by atoms with Gasteiger partial charge in [-0.15, -0.1) is 0 Å². The topological polar surface area (TPSA) is 88.2 Å². The van der Waals surface area contributed by atoms with E-state index in [0.717, 1.165) is 25.7 Å². The van der Waals surface area contributed by atoms with Crippen LogP contribution in [0.2, 0.25) is 0 Å². The lowest BCUT2D eigenvalue weighted by Gasteiger charge is -2.41. The van der Waals surface area contributed by atoms with E-state index >= 15 is 0 Å². The molecule has 5 nitrogen and oxygen atoms in total. The fraction of sp³-hybridized carbons (Fsp3) is 0.600. The third kappa shape index (κ3) is 2.16. The van der Waals surface area contributed by atoms with E-state index in [1.54, 1.807) is 6.07 Å². The highest BCUT2D eigenvalue weighted by Gasteiger charge is 2.37. The van der Waals surface area contributed by atoms with Gasteiger partial charge in [0, 0.05) is 12.0 Å². The lowest BCUT2D eigenvalue weighted by atomic mass is 9.84. The lowest BCUT2D eigenvalue weighted by Crippen LogP contribution is -3.15. The average Bonchev–Trinajstić information content (AvgIpc) is 2.97. The SMILES string of the molecule is [O-][NH+](C1CCCC1)[C@H]1CCc2c(ccc(O)c2O)[C@@H]1O. The Morgan fingerprint density at radius 3 is 2.50 bits per heavy atom. The van der Waals surface area contributed by atoms with Crippen molar-refractivity contribution in [2.24, 2.45) is 0 Å². The number of benzene rings is 1. The number of hydrogen-bond donors (Lipinski definition) is 4. The molecule has 2 aliphatic rings. The molecule has 0 bridgehead atoms. The number of nitrogens with one attached hydrogen (secondary N) is 1. The Bertz CT molecular complexity index is 499. The van der Waals surface area contributed by atoms with Crippen LogP contribution in [0.1, 0.15) is 49.3 Å². The molecule has 0 aliphatic heterocycles. The number of aliphatic hydroxyl groups excluding tert-OH is 1. The van der Waals surface area contributed by atoms with Crippen LogP contribution in [0.15, 0.2) is 12.1 Å².